The summed E-state index contributed by atoms with van der Waals surface area (Å²) in [5.41, 5.74) is -2.49. The van der Waals surface area contributed by atoms with Crippen LogP contribution in [-0.2, 0) is 19.6 Å². The minimum Gasteiger partial charge on any atom is -0.381 e. The third kappa shape index (κ3) is 3.11. The highest BCUT2D eigenvalue weighted by Crippen LogP contribution is 2.92. The summed E-state index contributed by atoms with van der Waals surface area (Å²) in [5, 5.41) is -6.16. The van der Waals surface area contributed by atoms with E-state index in [1.54, 1.807) is 0 Å². The van der Waals surface area contributed by atoms with Gasteiger partial charge in [-0.05, 0) is 68.1 Å². The molecule has 0 aromatic rings. The number of hydrogen-bond donors (Lipinski definition) is 1. The maximum Gasteiger partial charge on any atom is 0.460 e. The Bertz CT molecular complexity index is 872. The van der Waals surface area contributed by atoms with E-state index >= 15 is 8.78 Å². The lowest BCUT2D eigenvalue weighted by Crippen LogP contribution is -2.86. The maximum atomic E-state index is 15.4. The Morgan fingerprint density at radius 2 is 1.55 bits per heavy atom. The first-order valence-electron chi connectivity index (χ1n) is 11.4. The van der Waals surface area contributed by atoms with Gasteiger partial charge in [0.1, 0.15) is 0 Å². The van der Waals surface area contributed by atoms with E-state index in [9.17, 15) is 26.0 Å². The molecule has 0 bridgehead atoms. The van der Waals surface area contributed by atoms with E-state index in [1.165, 1.54) is 12.8 Å². The molecule has 33 heavy (non-hydrogen) atoms. The van der Waals surface area contributed by atoms with Crippen LogP contribution in [0.5, 0.6) is 0 Å². The minimum absolute atomic E-state index is 0.0425. The number of alkyl halides is 6. The van der Waals surface area contributed by atoms with Crippen molar-refractivity contribution in [1.82, 2.24) is 0 Å². The van der Waals surface area contributed by atoms with Crippen LogP contribution in [0.2, 0.25) is 0 Å². The first-order chi connectivity index (χ1) is 15.1. The molecular formula is C21H30F6O5S. The molecule has 0 aliphatic heterocycles. The zero-order chi connectivity index (χ0) is 24.7. The molecule has 5 nitrogen and oxygen atoms in total. The van der Waals surface area contributed by atoms with Gasteiger partial charge in [0.25, 0.3) is 0 Å². The molecule has 0 aromatic heterocycles. The molecular weight excluding hydrogens is 478 g/mol. The van der Waals surface area contributed by atoms with E-state index in [4.69, 9.17) is 9.29 Å². The van der Waals surface area contributed by atoms with Crippen LogP contribution in [0.15, 0.2) is 0 Å². The lowest BCUT2D eigenvalue weighted by molar-refractivity contribution is -0.439. The predicted molar refractivity (Wildman–Crippen MR) is 105 cm³/mol. The van der Waals surface area contributed by atoms with Crippen molar-refractivity contribution in [2.24, 2.45) is 28.6 Å². The summed E-state index contributed by atoms with van der Waals surface area (Å²) >= 11 is 0. The van der Waals surface area contributed by atoms with Gasteiger partial charge < -0.3 is 4.74 Å². The molecule has 1 spiro atoms. The highest BCUT2D eigenvalue weighted by Gasteiger charge is 2.87. The second-order valence-corrected chi connectivity index (χ2v) is 11.8. The van der Waals surface area contributed by atoms with Crippen LogP contribution in [0.25, 0.3) is 0 Å². The number of hydrogen-bond acceptors (Lipinski definition) is 4. The zero-order valence-corrected chi connectivity index (χ0v) is 19.4. The van der Waals surface area contributed by atoms with Gasteiger partial charge in [0.05, 0.1) is 6.61 Å². The molecule has 4 aliphatic carbocycles. The van der Waals surface area contributed by atoms with Gasteiger partial charge in [0.2, 0.25) is 5.85 Å². The Labute approximate surface area is 189 Å². The molecule has 4 fully saturated rings. The Morgan fingerprint density at radius 3 is 1.97 bits per heavy atom. The molecule has 4 rings (SSSR count). The van der Waals surface area contributed by atoms with E-state index in [1.807, 2.05) is 0 Å². The maximum absolute atomic E-state index is 15.4. The zero-order valence-electron chi connectivity index (χ0n) is 18.6. The fourth-order valence-electron chi connectivity index (χ4n) is 7.65. The smallest absolute Gasteiger partial charge is 0.381 e. The van der Waals surface area contributed by atoms with Crippen LogP contribution in [0.3, 0.4) is 0 Å². The van der Waals surface area contributed by atoms with Gasteiger partial charge in [-0.15, -0.1) is 0 Å². The molecule has 0 saturated heterocycles. The van der Waals surface area contributed by atoms with Crippen molar-refractivity contribution < 1.29 is 48.8 Å². The quantitative estimate of drug-likeness (QED) is 0.202. The molecule has 192 valence electrons. The second-order valence-electron chi connectivity index (χ2n) is 10.4. The summed E-state index contributed by atoms with van der Waals surface area (Å²) in [6.07, 6.45) is -3.70. The lowest BCUT2D eigenvalue weighted by Gasteiger charge is -2.91. The highest BCUT2D eigenvalue weighted by atomic mass is 32.2. The van der Waals surface area contributed by atoms with Crippen molar-refractivity contribution in [1.29, 1.82) is 0 Å². The molecule has 1 N–H and O–H groups in total. The standard InChI is InChI=1S/C21H30F6O5S/c1-3-17(22,18(23,4-2)32-20(24,25)21(26,27)33(28,29)30)6-5-7-31-12-16-10-14-8-13-9-15(11-16)19(13,14)16/h13-15H,3-12H2,1-2H3,(H,28,29,30). The summed E-state index contributed by atoms with van der Waals surface area (Å²) in [6, 6.07) is 0. The van der Waals surface area contributed by atoms with Crippen LogP contribution >= 0.6 is 0 Å². The normalized spacial score (nSPS) is 38.4. The fraction of sp³-hybridized carbons (Fsp3) is 1.00. The van der Waals surface area contributed by atoms with Gasteiger partial charge in [0.15, 0.2) is 5.67 Å². The third-order valence-electron chi connectivity index (χ3n) is 9.23. The Hall–Kier alpha value is -0.590. The van der Waals surface area contributed by atoms with Crippen LogP contribution < -0.4 is 0 Å². The third-order valence-corrected chi connectivity index (χ3v) is 10.1. The summed E-state index contributed by atoms with van der Waals surface area (Å²) in [7, 11) is -6.65. The lowest BCUT2D eigenvalue weighted by atomic mass is 9.13. The number of rotatable bonds is 13. The van der Waals surface area contributed by atoms with Crippen molar-refractivity contribution in [3.8, 4) is 0 Å². The predicted octanol–water partition coefficient (Wildman–Crippen LogP) is 5.50. The Morgan fingerprint density at radius 1 is 0.970 bits per heavy atom. The summed E-state index contributed by atoms with van der Waals surface area (Å²) < 4.78 is 124. The van der Waals surface area contributed by atoms with E-state index in [-0.39, 0.29) is 18.4 Å². The number of ether oxygens (including phenoxy) is 2. The van der Waals surface area contributed by atoms with Crippen molar-refractivity contribution in [2.45, 2.75) is 88.1 Å². The van der Waals surface area contributed by atoms with Crippen LogP contribution in [0.1, 0.15) is 65.2 Å². The van der Waals surface area contributed by atoms with E-state index in [0.717, 1.165) is 44.4 Å². The van der Waals surface area contributed by atoms with Gasteiger partial charge in [-0.3, -0.25) is 9.29 Å². The average molecular weight is 509 g/mol. The minimum atomic E-state index is -6.65. The van der Waals surface area contributed by atoms with Crippen LogP contribution in [-0.4, -0.2) is 49.1 Å². The highest BCUT2D eigenvalue weighted by molar-refractivity contribution is 7.86. The molecule has 4 aliphatic rings. The van der Waals surface area contributed by atoms with Gasteiger partial charge in [0, 0.05) is 18.4 Å². The van der Waals surface area contributed by atoms with Crippen molar-refractivity contribution in [3.63, 3.8) is 0 Å². The average Bonchev–Trinajstić information content (AvgIpc) is 2.65. The Kier molecular flexibility index (Phi) is 5.76. The summed E-state index contributed by atoms with van der Waals surface area (Å²) in [5.74, 6) is -1.57. The van der Waals surface area contributed by atoms with Crippen molar-refractivity contribution >= 4 is 10.1 Å². The number of halogens is 6. The first kappa shape index (κ1) is 25.5. The van der Waals surface area contributed by atoms with Gasteiger partial charge in [-0.1, -0.05) is 13.8 Å². The molecule has 0 aromatic carbocycles. The first-order valence-corrected chi connectivity index (χ1v) is 12.9. The van der Waals surface area contributed by atoms with E-state index in [0.29, 0.717) is 12.0 Å². The van der Waals surface area contributed by atoms with Crippen molar-refractivity contribution in [3.05, 3.63) is 0 Å². The monoisotopic (exact) mass is 508 g/mol. The van der Waals surface area contributed by atoms with Crippen LogP contribution in [0.4, 0.5) is 26.3 Å². The van der Waals surface area contributed by atoms with Gasteiger partial charge in [-0.2, -0.15) is 26.0 Å². The molecule has 0 amide bonds. The van der Waals surface area contributed by atoms with Crippen molar-refractivity contribution in [2.75, 3.05) is 13.2 Å². The van der Waals surface area contributed by atoms with Crippen LogP contribution in [0, 0.1) is 28.6 Å². The topological polar surface area (TPSA) is 72.8 Å². The summed E-state index contributed by atoms with van der Waals surface area (Å²) in [4.78, 5) is 0. The SMILES string of the molecule is CCC(F)(CCCOCC12CC3CC4CC(C1)C432)C(F)(CC)OC(F)(F)C(F)(F)S(=O)(=O)O. The molecule has 4 atom stereocenters. The molecule has 12 heteroatoms. The van der Waals surface area contributed by atoms with E-state index in [2.05, 4.69) is 4.74 Å². The molecule has 0 radical (unpaired) electrons. The fourth-order valence-corrected chi connectivity index (χ4v) is 7.99. The molecule has 4 saturated carbocycles. The van der Waals surface area contributed by atoms with E-state index < -0.39 is 52.3 Å². The van der Waals surface area contributed by atoms with Gasteiger partial charge >= 0.3 is 21.5 Å². The largest absolute Gasteiger partial charge is 0.460 e. The summed E-state index contributed by atoms with van der Waals surface area (Å²) in [6.45, 7) is 2.61. The Balaban J connectivity index is 1.33. The second kappa shape index (κ2) is 7.46. The molecule has 4 unspecified atom stereocenters. The van der Waals surface area contributed by atoms with Gasteiger partial charge in [-0.25, -0.2) is 8.78 Å². The molecule has 0 heterocycles.